The van der Waals surface area contributed by atoms with Crippen LogP contribution >= 0.6 is 0 Å². The summed E-state index contributed by atoms with van der Waals surface area (Å²) in [5.41, 5.74) is -0.158. The molecule has 0 bridgehead atoms. The first-order chi connectivity index (χ1) is 12.9. The van der Waals surface area contributed by atoms with Crippen LogP contribution < -0.4 is 9.64 Å². The third-order valence-electron chi connectivity index (χ3n) is 4.87. The van der Waals surface area contributed by atoms with Gasteiger partial charge in [0, 0.05) is 25.8 Å². The molecule has 1 aromatic carbocycles. The van der Waals surface area contributed by atoms with E-state index in [1.165, 1.54) is 24.0 Å². The molecule has 1 aliphatic heterocycles. The van der Waals surface area contributed by atoms with E-state index in [0.29, 0.717) is 11.4 Å². The summed E-state index contributed by atoms with van der Waals surface area (Å²) in [6.45, 7) is 5.80. The van der Waals surface area contributed by atoms with Crippen molar-refractivity contribution >= 4 is 11.8 Å². The Balaban J connectivity index is 2.09. The number of ether oxygens (including phenoxy) is 2. The lowest BCUT2D eigenvalue weighted by Gasteiger charge is -2.41. The van der Waals surface area contributed by atoms with Gasteiger partial charge in [-0.25, -0.2) is 4.79 Å². The molecule has 0 aromatic heterocycles. The van der Waals surface area contributed by atoms with Crippen molar-refractivity contribution < 1.29 is 27.4 Å². The molecule has 1 amide bonds. The zero-order valence-corrected chi connectivity index (χ0v) is 17.0. The van der Waals surface area contributed by atoms with E-state index in [-0.39, 0.29) is 25.9 Å². The van der Waals surface area contributed by atoms with Crippen LogP contribution in [0.15, 0.2) is 24.3 Å². The number of benzene rings is 1. The Hall–Kier alpha value is -2.12. The Kier molecular flexibility index (Phi) is 6.72. The number of carbonyl (C=O) groups excluding carboxylic acids is 1. The maximum absolute atomic E-state index is 13.9. The highest BCUT2D eigenvalue weighted by atomic mass is 19.4. The highest BCUT2D eigenvalue weighted by Gasteiger charge is 2.48. The van der Waals surface area contributed by atoms with Gasteiger partial charge < -0.3 is 19.3 Å². The van der Waals surface area contributed by atoms with E-state index in [9.17, 15) is 18.0 Å². The quantitative estimate of drug-likeness (QED) is 0.732. The first-order valence-corrected chi connectivity index (χ1v) is 9.34. The van der Waals surface area contributed by atoms with Crippen LogP contribution in [-0.2, 0) is 4.74 Å². The van der Waals surface area contributed by atoms with Crippen LogP contribution in [0, 0.1) is 5.92 Å². The highest BCUT2D eigenvalue weighted by Crippen LogP contribution is 2.37. The molecule has 8 heteroatoms. The standard InChI is InChI=1S/C20H29F3N2O3/c1-19(2,3)28-18(26)25-12-10-14(11-13-25)17(20(21,22)23)24(4)15-6-8-16(27-5)9-7-15/h6-9,14,17H,10-13H2,1-5H3. The molecule has 1 saturated heterocycles. The van der Waals surface area contributed by atoms with E-state index in [2.05, 4.69) is 0 Å². The molecule has 0 N–H and O–H groups in total. The first kappa shape index (κ1) is 22.2. The van der Waals surface area contributed by atoms with Crippen molar-refractivity contribution in [3.63, 3.8) is 0 Å². The number of anilines is 1. The summed E-state index contributed by atoms with van der Waals surface area (Å²) in [4.78, 5) is 14.9. The summed E-state index contributed by atoms with van der Waals surface area (Å²) in [5.74, 6) is -0.0165. The second-order valence-electron chi connectivity index (χ2n) is 8.10. The maximum Gasteiger partial charge on any atom is 0.410 e. The van der Waals surface area contributed by atoms with Crippen molar-refractivity contribution in [3.8, 4) is 5.75 Å². The van der Waals surface area contributed by atoms with Crippen molar-refractivity contribution in [3.05, 3.63) is 24.3 Å². The number of carbonyl (C=O) groups is 1. The zero-order chi connectivity index (χ0) is 21.1. The normalized spacial score (nSPS) is 17.2. The van der Waals surface area contributed by atoms with E-state index in [1.54, 1.807) is 45.0 Å². The fraction of sp³-hybridized carbons (Fsp3) is 0.650. The van der Waals surface area contributed by atoms with Crippen molar-refractivity contribution in [1.29, 1.82) is 0 Å². The molecule has 0 aliphatic carbocycles. The van der Waals surface area contributed by atoms with Gasteiger partial charge in [0.1, 0.15) is 17.4 Å². The van der Waals surface area contributed by atoms with Crippen molar-refractivity contribution in [1.82, 2.24) is 4.90 Å². The molecule has 0 radical (unpaired) electrons. The molecular formula is C20H29F3N2O3. The van der Waals surface area contributed by atoms with E-state index in [4.69, 9.17) is 9.47 Å². The van der Waals surface area contributed by atoms with Crippen LogP contribution in [0.5, 0.6) is 5.75 Å². The summed E-state index contributed by atoms with van der Waals surface area (Å²) < 4.78 is 52.1. The average molecular weight is 402 g/mol. The van der Waals surface area contributed by atoms with Crippen LogP contribution in [0.3, 0.4) is 0 Å². The molecule has 158 valence electrons. The van der Waals surface area contributed by atoms with E-state index in [1.807, 2.05) is 0 Å². The largest absolute Gasteiger partial charge is 0.497 e. The lowest BCUT2D eigenvalue weighted by Crippen LogP contribution is -2.53. The first-order valence-electron chi connectivity index (χ1n) is 9.34. The van der Waals surface area contributed by atoms with Gasteiger partial charge in [-0.3, -0.25) is 0 Å². The molecule has 1 unspecified atom stereocenters. The Morgan fingerprint density at radius 1 is 1.14 bits per heavy atom. The number of alkyl halides is 3. The van der Waals surface area contributed by atoms with Crippen LogP contribution in [0.25, 0.3) is 0 Å². The summed E-state index contributed by atoms with van der Waals surface area (Å²) in [6, 6.07) is 4.90. The number of hydrogen-bond donors (Lipinski definition) is 0. The fourth-order valence-electron chi connectivity index (χ4n) is 3.51. The number of rotatable bonds is 4. The zero-order valence-electron chi connectivity index (χ0n) is 17.0. The number of halogens is 3. The summed E-state index contributed by atoms with van der Waals surface area (Å²) in [6.07, 6.45) is -4.32. The second kappa shape index (κ2) is 8.49. The van der Waals surface area contributed by atoms with Gasteiger partial charge in [-0.15, -0.1) is 0 Å². The summed E-state index contributed by atoms with van der Waals surface area (Å²) in [5, 5.41) is 0. The molecule has 2 rings (SSSR count). The third-order valence-corrected chi connectivity index (χ3v) is 4.87. The fourth-order valence-corrected chi connectivity index (χ4v) is 3.51. The van der Waals surface area contributed by atoms with E-state index in [0.717, 1.165) is 0 Å². The summed E-state index contributed by atoms with van der Waals surface area (Å²) in [7, 11) is 2.97. The molecule has 0 saturated carbocycles. The minimum absolute atomic E-state index is 0.253. The van der Waals surface area contributed by atoms with Gasteiger partial charge in [0.05, 0.1) is 7.11 Å². The SMILES string of the molecule is COc1ccc(N(C)C(C2CCN(C(=O)OC(C)(C)C)CC2)C(F)(F)F)cc1. The number of methoxy groups -OCH3 is 1. The van der Waals surface area contributed by atoms with Crippen LogP contribution in [0.4, 0.5) is 23.7 Å². The van der Waals surface area contributed by atoms with E-state index >= 15 is 0 Å². The average Bonchev–Trinajstić information content (AvgIpc) is 2.60. The monoisotopic (exact) mass is 402 g/mol. The predicted octanol–water partition coefficient (Wildman–Crippen LogP) is 4.71. The Morgan fingerprint density at radius 2 is 1.68 bits per heavy atom. The second-order valence-corrected chi connectivity index (χ2v) is 8.10. The lowest BCUT2D eigenvalue weighted by atomic mass is 9.88. The molecule has 0 spiro atoms. The van der Waals surface area contributed by atoms with Crippen LogP contribution in [-0.4, -0.2) is 56.1 Å². The van der Waals surface area contributed by atoms with Crippen molar-refractivity contribution in [2.24, 2.45) is 5.92 Å². The van der Waals surface area contributed by atoms with Crippen molar-refractivity contribution in [2.75, 3.05) is 32.1 Å². The van der Waals surface area contributed by atoms with Crippen LogP contribution in [0.2, 0.25) is 0 Å². The van der Waals surface area contributed by atoms with Gasteiger partial charge in [-0.2, -0.15) is 13.2 Å². The molecule has 1 aliphatic rings. The predicted molar refractivity (Wildman–Crippen MR) is 102 cm³/mol. The van der Waals surface area contributed by atoms with Gasteiger partial charge >= 0.3 is 12.3 Å². The minimum Gasteiger partial charge on any atom is -0.497 e. The Labute approximate surface area is 164 Å². The third kappa shape index (κ3) is 5.69. The number of piperidine rings is 1. The molecule has 1 atom stereocenters. The van der Waals surface area contributed by atoms with Gasteiger partial charge in [-0.1, -0.05) is 0 Å². The molecule has 1 aromatic rings. The molecule has 28 heavy (non-hydrogen) atoms. The highest BCUT2D eigenvalue weighted by molar-refractivity contribution is 5.68. The maximum atomic E-state index is 13.9. The number of hydrogen-bond acceptors (Lipinski definition) is 4. The molecule has 1 heterocycles. The molecule has 1 fully saturated rings. The van der Waals surface area contributed by atoms with Crippen LogP contribution in [0.1, 0.15) is 33.6 Å². The smallest absolute Gasteiger partial charge is 0.410 e. The van der Waals surface area contributed by atoms with Gasteiger partial charge in [-0.05, 0) is 63.8 Å². The Bertz CT molecular complexity index is 648. The number of amides is 1. The minimum atomic E-state index is -4.38. The van der Waals surface area contributed by atoms with Gasteiger partial charge in [0.25, 0.3) is 0 Å². The number of nitrogens with zero attached hydrogens (tertiary/aromatic N) is 2. The Morgan fingerprint density at radius 3 is 2.11 bits per heavy atom. The summed E-state index contributed by atoms with van der Waals surface area (Å²) >= 11 is 0. The van der Waals surface area contributed by atoms with Gasteiger partial charge in [0.15, 0.2) is 0 Å². The van der Waals surface area contributed by atoms with Gasteiger partial charge in [0.2, 0.25) is 0 Å². The molecule has 5 nitrogen and oxygen atoms in total. The van der Waals surface area contributed by atoms with E-state index < -0.39 is 29.8 Å². The number of likely N-dealkylation sites (tertiary alicyclic amines) is 1. The topological polar surface area (TPSA) is 42.0 Å². The molecular weight excluding hydrogens is 373 g/mol. The lowest BCUT2D eigenvalue weighted by molar-refractivity contribution is -0.162. The van der Waals surface area contributed by atoms with Crippen molar-refractivity contribution in [2.45, 2.75) is 51.4 Å².